The van der Waals surface area contributed by atoms with E-state index in [4.69, 9.17) is 14.4 Å². The highest BCUT2D eigenvalue weighted by atomic mass is 32.2. The molecule has 0 aliphatic heterocycles. The van der Waals surface area contributed by atoms with Crippen molar-refractivity contribution in [1.29, 1.82) is 5.26 Å². The average Bonchev–Trinajstić information content (AvgIpc) is 3.22. The lowest BCUT2D eigenvalue weighted by Gasteiger charge is -2.15. The summed E-state index contributed by atoms with van der Waals surface area (Å²) in [5, 5.41) is 8.51. The Bertz CT molecular complexity index is 963. The van der Waals surface area contributed by atoms with Crippen molar-refractivity contribution >= 4 is 21.9 Å². The predicted octanol–water partition coefficient (Wildman–Crippen LogP) is 1.29. The Hall–Kier alpha value is -3.16. The maximum Gasteiger partial charge on any atom is 0.338 e. The number of carbonyl (C=O) groups excluding carboxylic acids is 2. The van der Waals surface area contributed by atoms with Gasteiger partial charge in [0.2, 0.25) is 10.0 Å². The maximum absolute atomic E-state index is 12.4. The number of nitrogens with one attached hydrogen (secondary N) is 1. The standard InChI is InChI=1S/C18H19N3O6S/c1-21(9-4-8-19)17(22)13-27-18(23)14-5-2-7-16(11-14)28(24,25)20-12-15-6-3-10-26-15/h2-3,5-7,10-11,20H,4,9,12-13H2,1H3. The van der Waals surface area contributed by atoms with Crippen LogP contribution in [-0.4, -0.2) is 45.4 Å². The summed E-state index contributed by atoms with van der Waals surface area (Å²) >= 11 is 0. The van der Waals surface area contributed by atoms with Crippen molar-refractivity contribution in [2.75, 3.05) is 20.2 Å². The number of hydrogen-bond donors (Lipinski definition) is 1. The lowest BCUT2D eigenvalue weighted by molar-refractivity contribution is -0.133. The molecule has 1 heterocycles. The molecule has 0 spiro atoms. The molecule has 9 nitrogen and oxygen atoms in total. The highest BCUT2D eigenvalue weighted by Gasteiger charge is 2.18. The summed E-state index contributed by atoms with van der Waals surface area (Å²) in [4.78, 5) is 25.1. The minimum atomic E-state index is -3.87. The number of nitrogens with zero attached hydrogens (tertiary/aromatic N) is 2. The van der Waals surface area contributed by atoms with Crippen molar-refractivity contribution in [3.63, 3.8) is 0 Å². The molecule has 1 aromatic carbocycles. The molecule has 2 rings (SSSR count). The van der Waals surface area contributed by atoms with Gasteiger partial charge in [0.1, 0.15) is 5.76 Å². The molecule has 0 radical (unpaired) electrons. The van der Waals surface area contributed by atoms with E-state index in [9.17, 15) is 18.0 Å². The highest BCUT2D eigenvalue weighted by molar-refractivity contribution is 7.89. The summed E-state index contributed by atoms with van der Waals surface area (Å²) < 4.78 is 37.1. The molecule has 0 saturated heterocycles. The Morgan fingerprint density at radius 3 is 2.75 bits per heavy atom. The van der Waals surface area contributed by atoms with E-state index in [0.717, 1.165) is 6.07 Å². The van der Waals surface area contributed by atoms with Gasteiger partial charge in [0.25, 0.3) is 5.91 Å². The normalized spacial score (nSPS) is 10.9. The smallest absolute Gasteiger partial charge is 0.338 e. The summed E-state index contributed by atoms with van der Waals surface area (Å²) in [5.74, 6) is -0.851. The summed E-state index contributed by atoms with van der Waals surface area (Å²) in [6.07, 6.45) is 1.60. The zero-order chi connectivity index (χ0) is 20.6. The summed E-state index contributed by atoms with van der Waals surface area (Å²) in [6, 6.07) is 10.5. The summed E-state index contributed by atoms with van der Waals surface area (Å²) in [5.41, 5.74) is -0.00616. The Morgan fingerprint density at radius 1 is 1.29 bits per heavy atom. The third-order valence-corrected chi connectivity index (χ3v) is 5.11. The number of esters is 1. The van der Waals surface area contributed by atoms with E-state index in [0.29, 0.717) is 5.76 Å². The first kappa shape index (κ1) is 21.1. The van der Waals surface area contributed by atoms with Gasteiger partial charge in [-0.3, -0.25) is 4.79 Å². The molecule has 148 valence electrons. The number of furan rings is 1. The van der Waals surface area contributed by atoms with Crippen LogP contribution >= 0.6 is 0 Å². The number of benzene rings is 1. The fraction of sp³-hybridized carbons (Fsp3) is 0.278. The van der Waals surface area contributed by atoms with Gasteiger partial charge in [0, 0.05) is 13.6 Å². The fourth-order valence-corrected chi connectivity index (χ4v) is 3.15. The van der Waals surface area contributed by atoms with E-state index in [1.807, 2.05) is 6.07 Å². The van der Waals surface area contributed by atoms with Gasteiger partial charge in [-0.1, -0.05) is 6.07 Å². The van der Waals surface area contributed by atoms with Crippen molar-refractivity contribution in [2.24, 2.45) is 0 Å². The highest BCUT2D eigenvalue weighted by Crippen LogP contribution is 2.13. The number of nitriles is 1. The SMILES string of the molecule is CN(CCC#N)C(=O)COC(=O)c1cccc(S(=O)(=O)NCc2ccco2)c1. The van der Waals surface area contributed by atoms with Gasteiger partial charge >= 0.3 is 5.97 Å². The zero-order valence-corrected chi connectivity index (χ0v) is 15.9. The number of sulfonamides is 1. The van der Waals surface area contributed by atoms with Crippen LogP contribution in [0, 0.1) is 11.3 Å². The minimum Gasteiger partial charge on any atom is -0.468 e. The monoisotopic (exact) mass is 405 g/mol. The van der Waals surface area contributed by atoms with Gasteiger partial charge < -0.3 is 14.1 Å². The molecule has 28 heavy (non-hydrogen) atoms. The summed E-state index contributed by atoms with van der Waals surface area (Å²) in [7, 11) is -2.38. The molecule has 10 heteroatoms. The largest absolute Gasteiger partial charge is 0.468 e. The van der Waals surface area contributed by atoms with Crippen molar-refractivity contribution in [1.82, 2.24) is 9.62 Å². The van der Waals surface area contributed by atoms with Crippen LogP contribution in [0.25, 0.3) is 0 Å². The number of hydrogen-bond acceptors (Lipinski definition) is 7. The van der Waals surface area contributed by atoms with Crippen LogP contribution in [-0.2, 0) is 26.1 Å². The molecular formula is C18H19N3O6S. The van der Waals surface area contributed by atoms with Gasteiger partial charge in [0.05, 0.1) is 35.8 Å². The van der Waals surface area contributed by atoms with E-state index in [1.165, 1.54) is 36.4 Å². The minimum absolute atomic E-state index is 0.00616. The Kier molecular flexibility index (Phi) is 7.31. The quantitative estimate of drug-likeness (QED) is 0.622. The van der Waals surface area contributed by atoms with Crippen LogP contribution < -0.4 is 4.72 Å². The van der Waals surface area contributed by atoms with Gasteiger partial charge in [-0.25, -0.2) is 17.9 Å². The number of likely N-dealkylation sites (N-methyl/N-ethyl adjacent to an activating group) is 1. The van der Waals surface area contributed by atoms with E-state index < -0.39 is 28.5 Å². The molecule has 0 fully saturated rings. The maximum atomic E-state index is 12.4. The van der Waals surface area contributed by atoms with Crippen LogP contribution in [0.4, 0.5) is 0 Å². The second-order valence-corrected chi connectivity index (χ2v) is 7.50. The first-order valence-corrected chi connectivity index (χ1v) is 9.72. The van der Waals surface area contributed by atoms with Gasteiger partial charge in [-0.2, -0.15) is 5.26 Å². The number of ether oxygens (including phenoxy) is 1. The molecule has 1 aromatic heterocycles. The molecule has 2 aromatic rings. The van der Waals surface area contributed by atoms with Crippen LogP contribution in [0.15, 0.2) is 52.0 Å². The molecule has 0 aliphatic carbocycles. The molecular weight excluding hydrogens is 386 g/mol. The third kappa shape index (κ3) is 5.94. The second-order valence-electron chi connectivity index (χ2n) is 5.73. The third-order valence-electron chi connectivity index (χ3n) is 3.71. The van der Waals surface area contributed by atoms with Crippen LogP contribution in [0.2, 0.25) is 0 Å². The molecule has 1 amide bonds. The van der Waals surface area contributed by atoms with Gasteiger partial charge in [0.15, 0.2) is 6.61 Å². The van der Waals surface area contributed by atoms with Crippen LogP contribution in [0.1, 0.15) is 22.5 Å². The van der Waals surface area contributed by atoms with E-state index in [1.54, 1.807) is 12.1 Å². The predicted molar refractivity (Wildman–Crippen MR) is 97.3 cm³/mol. The zero-order valence-electron chi connectivity index (χ0n) is 15.1. The van der Waals surface area contributed by atoms with Crippen molar-refractivity contribution in [2.45, 2.75) is 17.9 Å². The number of carbonyl (C=O) groups is 2. The van der Waals surface area contributed by atoms with E-state index >= 15 is 0 Å². The van der Waals surface area contributed by atoms with E-state index in [2.05, 4.69) is 4.72 Å². The first-order chi connectivity index (χ1) is 13.3. The fourth-order valence-electron chi connectivity index (χ4n) is 2.12. The number of amides is 1. The van der Waals surface area contributed by atoms with E-state index in [-0.39, 0.29) is 30.0 Å². The Morgan fingerprint density at radius 2 is 2.07 bits per heavy atom. The lowest BCUT2D eigenvalue weighted by atomic mass is 10.2. The van der Waals surface area contributed by atoms with Crippen molar-refractivity contribution in [3.8, 4) is 6.07 Å². The molecule has 0 unspecified atom stereocenters. The molecule has 1 N–H and O–H groups in total. The van der Waals surface area contributed by atoms with Gasteiger partial charge in [-0.05, 0) is 30.3 Å². The van der Waals surface area contributed by atoms with Crippen molar-refractivity contribution in [3.05, 3.63) is 54.0 Å². The average molecular weight is 405 g/mol. The lowest BCUT2D eigenvalue weighted by Crippen LogP contribution is -2.32. The van der Waals surface area contributed by atoms with Crippen LogP contribution in [0.5, 0.6) is 0 Å². The van der Waals surface area contributed by atoms with Crippen LogP contribution in [0.3, 0.4) is 0 Å². The topological polar surface area (TPSA) is 130 Å². The Balaban J connectivity index is 1.98. The molecule has 0 saturated carbocycles. The van der Waals surface area contributed by atoms with Gasteiger partial charge in [-0.15, -0.1) is 0 Å². The van der Waals surface area contributed by atoms with Crippen molar-refractivity contribution < 1.29 is 27.2 Å². The second kappa shape index (κ2) is 9.68. The molecule has 0 aliphatic rings. The first-order valence-electron chi connectivity index (χ1n) is 8.23. The molecule has 0 bridgehead atoms. The number of rotatable bonds is 9. The Labute approximate surface area is 162 Å². The summed E-state index contributed by atoms with van der Waals surface area (Å²) in [6.45, 7) is -0.316. The molecule has 0 atom stereocenters.